The van der Waals surface area contributed by atoms with Crippen molar-refractivity contribution >= 4 is 5.91 Å². The van der Waals surface area contributed by atoms with Gasteiger partial charge in [0.15, 0.2) is 0 Å². The maximum absolute atomic E-state index is 11.8. The molecule has 4 heteroatoms. The first-order chi connectivity index (χ1) is 7.69. The first-order valence-electron chi connectivity index (χ1n) is 5.59. The molecular formula is C12H19N3O. The van der Waals surface area contributed by atoms with E-state index >= 15 is 0 Å². The molecular weight excluding hydrogens is 202 g/mol. The second kappa shape index (κ2) is 6.23. The molecule has 0 aromatic carbocycles. The zero-order chi connectivity index (χ0) is 12.0. The molecule has 0 radical (unpaired) electrons. The summed E-state index contributed by atoms with van der Waals surface area (Å²) in [6.45, 7) is 4.32. The lowest BCUT2D eigenvalue weighted by molar-refractivity contribution is -0.125. The Morgan fingerprint density at radius 3 is 2.62 bits per heavy atom. The third kappa shape index (κ3) is 3.31. The SMILES string of the molecule is CCC(CN)C(=O)N[C@@H](C)c1ccncc1. The monoisotopic (exact) mass is 221 g/mol. The number of nitrogens with zero attached hydrogens (tertiary/aromatic N) is 1. The Morgan fingerprint density at radius 2 is 2.12 bits per heavy atom. The average molecular weight is 221 g/mol. The van der Waals surface area contributed by atoms with Gasteiger partial charge in [0.2, 0.25) is 5.91 Å². The Bertz CT molecular complexity index is 322. The van der Waals surface area contributed by atoms with Gasteiger partial charge < -0.3 is 11.1 Å². The summed E-state index contributed by atoms with van der Waals surface area (Å²) in [6, 6.07) is 3.79. The maximum Gasteiger partial charge on any atom is 0.224 e. The van der Waals surface area contributed by atoms with Crippen LogP contribution in [0.1, 0.15) is 31.9 Å². The van der Waals surface area contributed by atoms with Crippen LogP contribution < -0.4 is 11.1 Å². The molecule has 1 aromatic rings. The molecule has 0 bridgehead atoms. The summed E-state index contributed by atoms with van der Waals surface area (Å²) in [5.41, 5.74) is 6.58. The lowest BCUT2D eigenvalue weighted by Gasteiger charge is -2.18. The van der Waals surface area contributed by atoms with Crippen molar-refractivity contribution in [2.75, 3.05) is 6.54 Å². The van der Waals surface area contributed by atoms with Crippen molar-refractivity contribution in [2.24, 2.45) is 11.7 Å². The predicted molar refractivity (Wildman–Crippen MR) is 63.6 cm³/mol. The number of carbonyl (C=O) groups excluding carboxylic acids is 1. The van der Waals surface area contributed by atoms with Gasteiger partial charge >= 0.3 is 0 Å². The van der Waals surface area contributed by atoms with E-state index in [0.717, 1.165) is 12.0 Å². The van der Waals surface area contributed by atoms with Crippen LogP contribution in [0.2, 0.25) is 0 Å². The van der Waals surface area contributed by atoms with Gasteiger partial charge in [0.1, 0.15) is 0 Å². The number of pyridine rings is 1. The number of rotatable bonds is 5. The topological polar surface area (TPSA) is 68.0 Å². The molecule has 88 valence electrons. The van der Waals surface area contributed by atoms with Crippen LogP contribution in [0.15, 0.2) is 24.5 Å². The van der Waals surface area contributed by atoms with Crippen LogP contribution in [0.4, 0.5) is 0 Å². The summed E-state index contributed by atoms with van der Waals surface area (Å²) in [5.74, 6) is -0.0707. The van der Waals surface area contributed by atoms with E-state index in [1.807, 2.05) is 26.0 Å². The number of aromatic nitrogens is 1. The Hall–Kier alpha value is -1.42. The molecule has 0 saturated heterocycles. The predicted octanol–water partition coefficient (Wildman–Crippen LogP) is 1.24. The van der Waals surface area contributed by atoms with Crippen molar-refractivity contribution in [3.63, 3.8) is 0 Å². The van der Waals surface area contributed by atoms with E-state index < -0.39 is 0 Å². The summed E-state index contributed by atoms with van der Waals surface area (Å²) < 4.78 is 0. The van der Waals surface area contributed by atoms with Gasteiger partial charge in [-0.1, -0.05) is 6.92 Å². The fourth-order valence-corrected chi connectivity index (χ4v) is 1.53. The van der Waals surface area contributed by atoms with Crippen LogP contribution >= 0.6 is 0 Å². The highest BCUT2D eigenvalue weighted by Gasteiger charge is 2.16. The number of nitrogens with one attached hydrogen (secondary N) is 1. The third-order valence-corrected chi connectivity index (χ3v) is 2.71. The highest BCUT2D eigenvalue weighted by atomic mass is 16.1. The zero-order valence-corrected chi connectivity index (χ0v) is 9.81. The molecule has 0 aliphatic carbocycles. The molecule has 0 fully saturated rings. The zero-order valence-electron chi connectivity index (χ0n) is 9.81. The third-order valence-electron chi connectivity index (χ3n) is 2.71. The molecule has 1 heterocycles. The average Bonchev–Trinajstić information content (AvgIpc) is 2.31. The van der Waals surface area contributed by atoms with Gasteiger partial charge in [-0.3, -0.25) is 9.78 Å². The standard InChI is InChI=1S/C12H19N3O/c1-3-10(8-13)12(16)15-9(2)11-4-6-14-7-5-11/h4-7,9-10H,3,8,13H2,1-2H3,(H,15,16)/t9-,10?/m0/s1. The van der Waals surface area contributed by atoms with E-state index in [1.165, 1.54) is 0 Å². The van der Waals surface area contributed by atoms with E-state index in [4.69, 9.17) is 5.73 Å². The van der Waals surface area contributed by atoms with Gasteiger partial charge in [0, 0.05) is 24.9 Å². The van der Waals surface area contributed by atoms with Gasteiger partial charge in [-0.2, -0.15) is 0 Å². The Balaban J connectivity index is 2.58. The van der Waals surface area contributed by atoms with Crippen LogP contribution in [0.3, 0.4) is 0 Å². The second-order valence-corrected chi connectivity index (χ2v) is 3.85. The summed E-state index contributed by atoms with van der Waals surface area (Å²) in [5, 5.41) is 2.95. The lowest BCUT2D eigenvalue weighted by atomic mass is 10.0. The molecule has 0 spiro atoms. The molecule has 4 nitrogen and oxygen atoms in total. The summed E-state index contributed by atoms with van der Waals surface area (Å²) in [7, 11) is 0. The molecule has 2 atom stereocenters. The molecule has 0 saturated carbocycles. The van der Waals surface area contributed by atoms with Gasteiger partial charge in [-0.25, -0.2) is 0 Å². The fourth-order valence-electron chi connectivity index (χ4n) is 1.53. The molecule has 1 amide bonds. The fraction of sp³-hybridized carbons (Fsp3) is 0.500. The minimum Gasteiger partial charge on any atom is -0.349 e. The van der Waals surface area contributed by atoms with Crippen molar-refractivity contribution in [1.82, 2.24) is 10.3 Å². The molecule has 3 N–H and O–H groups in total. The van der Waals surface area contributed by atoms with Crippen molar-refractivity contribution in [3.05, 3.63) is 30.1 Å². The number of hydrogen-bond acceptors (Lipinski definition) is 3. The van der Waals surface area contributed by atoms with Crippen LogP contribution in [0.5, 0.6) is 0 Å². The quantitative estimate of drug-likeness (QED) is 0.786. The van der Waals surface area contributed by atoms with E-state index in [2.05, 4.69) is 10.3 Å². The van der Waals surface area contributed by atoms with Crippen LogP contribution in [0, 0.1) is 5.92 Å². The highest BCUT2D eigenvalue weighted by Crippen LogP contribution is 2.11. The molecule has 1 rings (SSSR count). The molecule has 0 aliphatic heterocycles. The Kier molecular flexibility index (Phi) is 4.92. The second-order valence-electron chi connectivity index (χ2n) is 3.85. The van der Waals surface area contributed by atoms with Crippen LogP contribution in [0.25, 0.3) is 0 Å². The summed E-state index contributed by atoms with van der Waals surface area (Å²) in [6.07, 6.45) is 4.21. The van der Waals surface area contributed by atoms with Crippen molar-refractivity contribution in [3.8, 4) is 0 Å². The smallest absolute Gasteiger partial charge is 0.224 e. The van der Waals surface area contributed by atoms with Crippen LogP contribution in [-0.2, 0) is 4.79 Å². The van der Waals surface area contributed by atoms with Crippen molar-refractivity contribution < 1.29 is 4.79 Å². The molecule has 16 heavy (non-hydrogen) atoms. The van der Waals surface area contributed by atoms with Crippen molar-refractivity contribution in [1.29, 1.82) is 0 Å². The molecule has 1 aromatic heterocycles. The minimum atomic E-state index is -0.0933. The number of amides is 1. The lowest BCUT2D eigenvalue weighted by Crippen LogP contribution is -2.36. The Labute approximate surface area is 96.3 Å². The minimum absolute atomic E-state index is 0.00361. The maximum atomic E-state index is 11.8. The number of hydrogen-bond donors (Lipinski definition) is 2. The largest absolute Gasteiger partial charge is 0.349 e. The van der Waals surface area contributed by atoms with Gasteiger partial charge in [-0.05, 0) is 31.0 Å². The number of carbonyl (C=O) groups is 1. The molecule has 0 aliphatic rings. The highest BCUT2D eigenvalue weighted by molar-refractivity contribution is 5.79. The van der Waals surface area contributed by atoms with Gasteiger partial charge in [0.25, 0.3) is 0 Å². The first-order valence-corrected chi connectivity index (χ1v) is 5.59. The molecule has 1 unspecified atom stereocenters. The van der Waals surface area contributed by atoms with Crippen LogP contribution in [-0.4, -0.2) is 17.4 Å². The summed E-state index contributed by atoms with van der Waals surface area (Å²) in [4.78, 5) is 15.7. The first kappa shape index (κ1) is 12.6. The summed E-state index contributed by atoms with van der Waals surface area (Å²) >= 11 is 0. The van der Waals surface area contributed by atoms with E-state index in [9.17, 15) is 4.79 Å². The van der Waals surface area contributed by atoms with Gasteiger partial charge in [-0.15, -0.1) is 0 Å². The van der Waals surface area contributed by atoms with E-state index in [-0.39, 0.29) is 17.9 Å². The normalized spacial score (nSPS) is 14.2. The van der Waals surface area contributed by atoms with E-state index in [0.29, 0.717) is 6.54 Å². The van der Waals surface area contributed by atoms with E-state index in [1.54, 1.807) is 12.4 Å². The van der Waals surface area contributed by atoms with Crippen molar-refractivity contribution in [2.45, 2.75) is 26.3 Å². The Morgan fingerprint density at radius 1 is 1.50 bits per heavy atom. The number of nitrogens with two attached hydrogens (primary N) is 1. The van der Waals surface area contributed by atoms with Gasteiger partial charge in [0.05, 0.1) is 6.04 Å².